The summed E-state index contributed by atoms with van der Waals surface area (Å²) in [5.74, 6) is -1.43. The van der Waals surface area contributed by atoms with Crippen molar-refractivity contribution in [2.75, 3.05) is 13.2 Å². The van der Waals surface area contributed by atoms with E-state index in [2.05, 4.69) is 0 Å². The predicted octanol–water partition coefficient (Wildman–Crippen LogP) is 8.31. The molecule has 0 bridgehead atoms. The molecule has 0 N–H and O–H groups in total. The van der Waals surface area contributed by atoms with Crippen molar-refractivity contribution in [1.82, 2.24) is 0 Å². The Hall–Kier alpha value is -5.30. The molecule has 274 valence electrons. The van der Waals surface area contributed by atoms with Crippen LogP contribution in [0, 0.1) is 0 Å². The molecule has 6 aromatic carbocycles. The summed E-state index contributed by atoms with van der Waals surface area (Å²) >= 11 is 0. The minimum absolute atomic E-state index is 0.0165. The second-order valence-corrected chi connectivity index (χ2v) is 16.4. The second kappa shape index (κ2) is 14.5. The summed E-state index contributed by atoms with van der Waals surface area (Å²) in [5, 5.41) is 4.38. The average Bonchev–Trinajstić information content (AvgIpc) is 3.69. The zero-order chi connectivity index (χ0) is 37.5. The highest BCUT2D eigenvalue weighted by Crippen LogP contribution is 2.60. The maximum Gasteiger partial charge on any atom is 0.586 e. The van der Waals surface area contributed by atoms with Gasteiger partial charge in [0.25, 0.3) is 0 Å². The van der Waals surface area contributed by atoms with Crippen molar-refractivity contribution in [3.8, 4) is 45.6 Å². The van der Waals surface area contributed by atoms with Crippen molar-refractivity contribution in [3.63, 3.8) is 0 Å². The first-order valence-corrected chi connectivity index (χ1v) is 19.9. The largest absolute Gasteiger partial charge is 0.586 e. The van der Waals surface area contributed by atoms with Crippen LogP contribution in [0.2, 0.25) is 0 Å². The van der Waals surface area contributed by atoms with Gasteiger partial charge in [0.1, 0.15) is 0 Å². The zero-order valence-corrected chi connectivity index (χ0v) is 30.8. The Labute approximate surface area is 311 Å². The topological polar surface area (TPSA) is 55.4 Å². The van der Waals surface area contributed by atoms with E-state index in [9.17, 15) is 0 Å². The molecule has 2 heterocycles. The van der Waals surface area contributed by atoms with Crippen LogP contribution in [-0.4, -0.2) is 25.8 Å². The molecular weight excluding hydrogens is 738 g/mol. The summed E-state index contributed by atoms with van der Waals surface area (Å²) in [4.78, 5) is 0. The van der Waals surface area contributed by atoms with E-state index in [0.717, 1.165) is 21.2 Å². The van der Waals surface area contributed by atoms with Gasteiger partial charge in [0.2, 0.25) is 11.5 Å². The van der Waals surface area contributed by atoms with Crippen molar-refractivity contribution in [3.05, 3.63) is 133 Å². The third-order valence-corrected chi connectivity index (χ3v) is 13.6. The summed E-state index contributed by atoms with van der Waals surface area (Å²) in [7, 11) is -3.22. The Morgan fingerprint density at radius 1 is 0.444 bits per heavy atom. The number of rotatable bonds is 11. The van der Waals surface area contributed by atoms with Crippen LogP contribution in [0.1, 0.15) is 13.8 Å². The first-order valence-electron chi connectivity index (χ1n) is 17.2. The fraction of sp³-hybridized carbons (Fsp3) is 0.143. The fourth-order valence-electron chi connectivity index (χ4n) is 6.64. The quantitative estimate of drug-likeness (QED) is 0.0977. The number of alkyl halides is 4. The highest BCUT2D eigenvalue weighted by atomic mass is 31.1. The summed E-state index contributed by atoms with van der Waals surface area (Å²) in [5.41, 5.74) is 0.166. The molecule has 0 aliphatic carbocycles. The molecule has 2 aliphatic rings. The lowest BCUT2D eigenvalue weighted by molar-refractivity contribution is -0.288. The smallest absolute Gasteiger partial charge is 0.490 e. The van der Waals surface area contributed by atoms with Gasteiger partial charge in [0.05, 0.1) is 13.2 Å². The van der Waals surface area contributed by atoms with Crippen LogP contribution < -0.4 is 60.2 Å². The predicted molar refractivity (Wildman–Crippen MR) is 204 cm³/mol. The number of ether oxygens (including phenoxy) is 6. The first kappa shape index (κ1) is 35.7. The van der Waals surface area contributed by atoms with Gasteiger partial charge in [0, 0.05) is 21.7 Å². The molecule has 0 amide bonds. The standard InChI is InChI=1S/C42H32F4O6P2/c1-3-47-31-25-33(53(27-17-9-5-10-18-27)28-19-11-6-12-20-28)35(39-37(31)49-41(43,44)51-39)36-34(26-32(48-4-2)38-40(36)52-42(45,46)50-38)54(29-21-13-7-14-22-29)30-23-15-8-16-24-30/h5-26H,3-4H2,1-2H3. The lowest BCUT2D eigenvalue weighted by Crippen LogP contribution is -2.28. The highest BCUT2D eigenvalue weighted by molar-refractivity contribution is 7.80. The molecule has 8 rings (SSSR count). The molecular formula is C42H32F4O6P2. The Bertz CT molecular complexity index is 2040. The number of hydrogen-bond acceptors (Lipinski definition) is 6. The van der Waals surface area contributed by atoms with Gasteiger partial charge in [0.15, 0.2) is 23.0 Å². The van der Waals surface area contributed by atoms with Crippen molar-refractivity contribution in [2.45, 2.75) is 26.4 Å². The number of benzene rings is 6. The van der Waals surface area contributed by atoms with E-state index in [4.69, 9.17) is 28.4 Å². The van der Waals surface area contributed by atoms with Crippen LogP contribution in [0.15, 0.2) is 133 Å². The molecule has 0 saturated heterocycles. The Morgan fingerprint density at radius 3 is 1.00 bits per heavy atom. The monoisotopic (exact) mass is 770 g/mol. The van der Waals surface area contributed by atoms with Crippen LogP contribution in [0.25, 0.3) is 11.1 Å². The first-order chi connectivity index (χ1) is 26.2. The van der Waals surface area contributed by atoms with E-state index >= 15 is 17.6 Å². The fourth-order valence-corrected chi connectivity index (χ4v) is 11.6. The van der Waals surface area contributed by atoms with E-state index in [1.165, 1.54) is 0 Å². The lowest BCUT2D eigenvalue weighted by atomic mass is 10.0. The van der Waals surface area contributed by atoms with E-state index < -0.39 is 28.4 Å². The van der Waals surface area contributed by atoms with Crippen LogP contribution in [0.3, 0.4) is 0 Å². The number of hydrogen-bond donors (Lipinski definition) is 0. The van der Waals surface area contributed by atoms with Crippen LogP contribution in [0.5, 0.6) is 34.5 Å². The molecule has 0 fully saturated rings. The van der Waals surface area contributed by atoms with E-state index in [-0.39, 0.29) is 58.8 Å². The van der Waals surface area contributed by atoms with Crippen molar-refractivity contribution in [2.24, 2.45) is 0 Å². The highest BCUT2D eigenvalue weighted by Gasteiger charge is 2.52. The maximum atomic E-state index is 15.5. The molecule has 0 atom stereocenters. The van der Waals surface area contributed by atoms with Crippen LogP contribution in [0.4, 0.5) is 17.6 Å². The summed E-state index contributed by atoms with van der Waals surface area (Å²) < 4.78 is 95.1. The van der Waals surface area contributed by atoms with Crippen LogP contribution >= 0.6 is 15.8 Å². The van der Waals surface area contributed by atoms with Gasteiger partial charge in [-0.15, -0.1) is 17.6 Å². The average molecular weight is 771 g/mol. The van der Waals surface area contributed by atoms with E-state index in [1.807, 2.05) is 121 Å². The van der Waals surface area contributed by atoms with Crippen LogP contribution in [-0.2, 0) is 0 Å². The third kappa shape index (κ3) is 6.69. The number of fused-ring (bicyclic) bond motifs is 2. The van der Waals surface area contributed by atoms with Gasteiger partial charge in [-0.25, -0.2) is 0 Å². The van der Waals surface area contributed by atoms with Crippen molar-refractivity contribution >= 4 is 47.7 Å². The summed E-state index contributed by atoms with van der Waals surface area (Å²) in [6.45, 7) is 3.69. The van der Waals surface area contributed by atoms with Gasteiger partial charge in [-0.2, -0.15) is 0 Å². The molecule has 2 aliphatic heterocycles. The molecule has 0 unspecified atom stereocenters. The molecule has 0 aromatic heterocycles. The molecule has 6 aromatic rings. The molecule has 6 nitrogen and oxygen atoms in total. The summed E-state index contributed by atoms with van der Waals surface area (Å²) in [6.07, 6.45) is -8.22. The van der Waals surface area contributed by atoms with Gasteiger partial charge in [-0.05, 0) is 63.0 Å². The van der Waals surface area contributed by atoms with Crippen molar-refractivity contribution < 1.29 is 46.0 Å². The van der Waals surface area contributed by atoms with Crippen molar-refractivity contribution in [1.29, 1.82) is 0 Å². The van der Waals surface area contributed by atoms with E-state index in [0.29, 0.717) is 10.6 Å². The Kier molecular flexibility index (Phi) is 9.59. The zero-order valence-electron chi connectivity index (χ0n) is 29.0. The van der Waals surface area contributed by atoms with Gasteiger partial charge in [-0.3, -0.25) is 0 Å². The molecule has 12 heteroatoms. The molecule has 0 spiro atoms. The summed E-state index contributed by atoms with van der Waals surface area (Å²) in [6, 6.07) is 41.5. The maximum absolute atomic E-state index is 15.5. The minimum Gasteiger partial charge on any atom is -0.490 e. The lowest BCUT2D eigenvalue weighted by Gasteiger charge is -2.28. The minimum atomic E-state index is -4.11. The second-order valence-electron chi connectivity index (χ2n) is 12.1. The third-order valence-electron chi connectivity index (χ3n) is 8.63. The normalized spacial score (nSPS) is 14.7. The molecule has 0 saturated carbocycles. The van der Waals surface area contributed by atoms with E-state index in [1.54, 1.807) is 26.0 Å². The number of halogens is 4. The van der Waals surface area contributed by atoms with Gasteiger partial charge < -0.3 is 28.4 Å². The molecule has 54 heavy (non-hydrogen) atoms. The Morgan fingerprint density at radius 2 is 0.722 bits per heavy atom. The molecule has 0 radical (unpaired) electrons. The SMILES string of the molecule is CCOc1cc(P(c2ccccc2)c2ccccc2)c(-c2c(P(c3ccccc3)c3ccccc3)cc(OCC)c3c2OC(F)(F)O3)c2c1OC(F)(F)O2. The van der Waals surface area contributed by atoms with Gasteiger partial charge in [-0.1, -0.05) is 121 Å². The van der Waals surface area contributed by atoms with Gasteiger partial charge >= 0.3 is 12.6 Å². The Balaban J connectivity index is 1.56.